The van der Waals surface area contributed by atoms with E-state index in [-0.39, 0.29) is 13.0 Å². The first-order chi connectivity index (χ1) is 4.24. The summed E-state index contributed by atoms with van der Waals surface area (Å²) < 4.78 is 12.3. The summed E-state index contributed by atoms with van der Waals surface area (Å²) in [6.45, 7) is 0.184. The Morgan fingerprint density at radius 1 is 1.78 bits per heavy atom. The zero-order valence-corrected chi connectivity index (χ0v) is 4.96. The van der Waals surface area contributed by atoms with Crippen molar-refractivity contribution in [2.45, 2.75) is 18.6 Å². The molecule has 0 N–H and O–H groups in total. The van der Waals surface area contributed by atoms with Crippen LogP contribution in [0.2, 0.25) is 0 Å². The van der Waals surface area contributed by atoms with Gasteiger partial charge >= 0.3 is 0 Å². The molecule has 2 atom stereocenters. The topological polar surface area (TPSA) is 20.3 Å². The highest BCUT2D eigenvalue weighted by atomic mass is 19.1. The Bertz CT molecular complexity index is 122. The number of nitrogens with zero attached hydrogens (tertiary/aromatic N) is 1. The van der Waals surface area contributed by atoms with Gasteiger partial charge in [0.05, 0.1) is 6.04 Å². The zero-order chi connectivity index (χ0) is 6.85. The van der Waals surface area contributed by atoms with E-state index in [1.165, 1.54) is 4.81 Å². The molecule has 0 amide bonds. The van der Waals surface area contributed by atoms with E-state index in [2.05, 4.69) is 0 Å². The van der Waals surface area contributed by atoms with Crippen LogP contribution in [0.15, 0.2) is 0 Å². The third-order valence-electron chi connectivity index (χ3n) is 1.49. The predicted octanol–water partition coefficient (Wildman–Crippen LogP) is -0.319. The van der Waals surface area contributed by atoms with Gasteiger partial charge in [-0.15, -0.1) is 0 Å². The summed E-state index contributed by atoms with van der Waals surface area (Å²) in [6.07, 6.45) is 0.00440. The Morgan fingerprint density at radius 3 is 2.67 bits per heavy atom. The highest BCUT2D eigenvalue weighted by Gasteiger charge is 2.27. The van der Waals surface area contributed by atoms with Gasteiger partial charge in [-0.05, 0) is 0 Å². The number of hydrogen-bond acceptors (Lipinski definition) is 2. The number of alkyl halides is 1. The lowest BCUT2D eigenvalue weighted by atomic mass is 10.2. The summed E-state index contributed by atoms with van der Waals surface area (Å²) in [4.78, 5) is 11.3. The summed E-state index contributed by atoms with van der Waals surface area (Å²) in [5.41, 5.74) is 0. The van der Waals surface area contributed by atoms with Crippen molar-refractivity contribution in [3.63, 3.8) is 0 Å². The summed E-state index contributed by atoms with van der Waals surface area (Å²) in [6, 6.07) is -0.403. The number of halogens is 1. The van der Waals surface area contributed by atoms with Gasteiger partial charge in [0, 0.05) is 13.0 Å². The van der Waals surface area contributed by atoms with Gasteiger partial charge in [-0.25, -0.2) is 4.39 Å². The standard InChI is InChI=1S/C5H7BFNO/c6-8-2-4(7)1-5(8)3-9/h3-5H,1-2H2/t4-,5-/m0/s1. The molecule has 1 saturated heterocycles. The third-order valence-corrected chi connectivity index (χ3v) is 1.49. The SMILES string of the molecule is [B]N1C[C@@H](F)C[C@H]1C=O. The molecule has 1 heterocycles. The van der Waals surface area contributed by atoms with E-state index in [0.717, 1.165) is 0 Å². The minimum Gasteiger partial charge on any atom is -0.343 e. The zero-order valence-electron chi connectivity index (χ0n) is 4.96. The highest BCUT2D eigenvalue weighted by molar-refractivity contribution is 6.06. The van der Waals surface area contributed by atoms with E-state index < -0.39 is 12.2 Å². The minimum atomic E-state index is -0.926. The van der Waals surface area contributed by atoms with E-state index in [4.69, 9.17) is 7.98 Å². The molecule has 1 fully saturated rings. The largest absolute Gasteiger partial charge is 0.343 e. The molecule has 48 valence electrons. The second kappa shape index (κ2) is 2.48. The Balaban J connectivity index is 2.47. The second-order valence-electron chi connectivity index (χ2n) is 2.23. The van der Waals surface area contributed by atoms with E-state index >= 15 is 0 Å². The molecular weight excluding hydrogens is 120 g/mol. The number of aldehydes is 1. The van der Waals surface area contributed by atoms with Gasteiger partial charge < -0.3 is 9.61 Å². The van der Waals surface area contributed by atoms with Crippen molar-refractivity contribution in [3.8, 4) is 0 Å². The van der Waals surface area contributed by atoms with E-state index in [0.29, 0.717) is 6.29 Å². The van der Waals surface area contributed by atoms with Crippen molar-refractivity contribution < 1.29 is 9.18 Å². The van der Waals surface area contributed by atoms with Crippen LogP contribution in [-0.2, 0) is 4.79 Å². The minimum absolute atomic E-state index is 0.184. The lowest BCUT2D eigenvalue weighted by Gasteiger charge is -2.11. The van der Waals surface area contributed by atoms with Crippen LogP contribution < -0.4 is 0 Å². The molecule has 2 radical (unpaired) electrons. The quantitative estimate of drug-likeness (QED) is 0.355. The summed E-state index contributed by atoms with van der Waals surface area (Å²) in [5, 5.41) is 0. The van der Waals surface area contributed by atoms with Gasteiger partial charge in [0.2, 0.25) is 0 Å². The summed E-state index contributed by atoms with van der Waals surface area (Å²) >= 11 is 0. The molecule has 1 aliphatic heterocycles. The molecule has 1 aliphatic rings. The van der Waals surface area contributed by atoms with Crippen LogP contribution in [0.4, 0.5) is 4.39 Å². The molecule has 9 heavy (non-hydrogen) atoms. The molecule has 0 aromatic rings. The van der Waals surface area contributed by atoms with E-state index in [9.17, 15) is 9.18 Å². The van der Waals surface area contributed by atoms with Crippen molar-refractivity contribution in [2.75, 3.05) is 6.54 Å². The molecule has 0 unspecified atom stereocenters. The Kier molecular flexibility index (Phi) is 1.85. The molecule has 0 aromatic heterocycles. The molecule has 0 saturated carbocycles. The summed E-state index contributed by atoms with van der Waals surface area (Å²) in [5.74, 6) is 0. The van der Waals surface area contributed by atoms with Crippen molar-refractivity contribution in [1.82, 2.24) is 4.81 Å². The van der Waals surface area contributed by atoms with Crippen molar-refractivity contribution in [2.24, 2.45) is 0 Å². The number of hydrogen-bond donors (Lipinski definition) is 0. The smallest absolute Gasteiger partial charge is 0.183 e. The van der Waals surface area contributed by atoms with Gasteiger partial charge in [-0.2, -0.15) is 0 Å². The van der Waals surface area contributed by atoms with E-state index in [1.807, 2.05) is 0 Å². The first-order valence-corrected chi connectivity index (χ1v) is 2.84. The van der Waals surface area contributed by atoms with Crippen LogP contribution in [0.5, 0.6) is 0 Å². The normalized spacial score (nSPS) is 37.0. The van der Waals surface area contributed by atoms with Crippen LogP contribution in [0.25, 0.3) is 0 Å². The number of carbonyl (C=O) groups excluding carboxylic acids is 1. The van der Waals surface area contributed by atoms with Crippen molar-refractivity contribution in [1.29, 1.82) is 0 Å². The molecule has 1 rings (SSSR count). The Hall–Kier alpha value is -0.375. The maximum Gasteiger partial charge on any atom is 0.183 e. The average molecular weight is 127 g/mol. The van der Waals surface area contributed by atoms with Crippen LogP contribution in [0.3, 0.4) is 0 Å². The van der Waals surface area contributed by atoms with Gasteiger partial charge in [0.1, 0.15) is 12.5 Å². The van der Waals surface area contributed by atoms with Crippen LogP contribution in [0, 0.1) is 0 Å². The fraction of sp³-hybridized carbons (Fsp3) is 0.800. The molecule has 0 aromatic carbocycles. The molecule has 0 spiro atoms. The number of rotatable bonds is 1. The van der Waals surface area contributed by atoms with Gasteiger partial charge in [0.25, 0.3) is 0 Å². The lowest BCUT2D eigenvalue weighted by molar-refractivity contribution is -0.110. The van der Waals surface area contributed by atoms with Crippen molar-refractivity contribution >= 4 is 14.3 Å². The maximum absolute atomic E-state index is 12.3. The van der Waals surface area contributed by atoms with Crippen molar-refractivity contribution in [3.05, 3.63) is 0 Å². The molecule has 2 nitrogen and oxygen atoms in total. The monoisotopic (exact) mass is 127 g/mol. The molecule has 0 aliphatic carbocycles. The number of carbonyl (C=O) groups is 1. The van der Waals surface area contributed by atoms with Crippen LogP contribution in [0.1, 0.15) is 6.42 Å². The fourth-order valence-corrected chi connectivity index (χ4v) is 0.970. The molecular formula is C5H7BFNO. The molecule has 0 bridgehead atoms. The Morgan fingerprint density at radius 2 is 2.44 bits per heavy atom. The van der Waals surface area contributed by atoms with Crippen LogP contribution >= 0.6 is 0 Å². The van der Waals surface area contributed by atoms with Crippen LogP contribution in [-0.4, -0.2) is 37.8 Å². The fourth-order valence-electron chi connectivity index (χ4n) is 0.970. The summed E-state index contributed by atoms with van der Waals surface area (Å²) in [7, 11) is 5.24. The molecule has 4 heteroatoms. The lowest BCUT2D eigenvalue weighted by Crippen LogP contribution is -2.27. The average Bonchev–Trinajstić information content (AvgIpc) is 2.10. The maximum atomic E-state index is 12.3. The second-order valence-corrected chi connectivity index (χ2v) is 2.23. The highest BCUT2D eigenvalue weighted by Crippen LogP contribution is 2.15. The van der Waals surface area contributed by atoms with Gasteiger partial charge in [0.15, 0.2) is 7.98 Å². The first kappa shape index (κ1) is 6.74. The Labute approximate surface area is 54.5 Å². The third kappa shape index (κ3) is 1.30. The van der Waals surface area contributed by atoms with Gasteiger partial charge in [-0.3, -0.25) is 0 Å². The van der Waals surface area contributed by atoms with E-state index in [1.54, 1.807) is 0 Å². The first-order valence-electron chi connectivity index (χ1n) is 2.84. The predicted molar refractivity (Wildman–Crippen MR) is 31.8 cm³/mol. The van der Waals surface area contributed by atoms with Gasteiger partial charge in [-0.1, -0.05) is 0 Å².